The number of benzene rings is 1. The van der Waals surface area contributed by atoms with Crippen molar-refractivity contribution < 1.29 is 19.1 Å². The Labute approximate surface area is 157 Å². The fraction of sp³-hybridized carbons (Fsp3) is 0.0588. The van der Waals surface area contributed by atoms with E-state index >= 15 is 0 Å². The number of nitrogens with two attached hydrogens (primary N) is 2. The molecule has 0 radical (unpaired) electrons. The van der Waals surface area contributed by atoms with Crippen LogP contribution in [0.1, 0.15) is 20.2 Å². The van der Waals surface area contributed by atoms with Crippen LogP contribution in [0.15, 0.2) is 41.9 Å². The van der Waals surface area contributed by atoms with Gasteiger partial charge < -0.3 is 21.2 Å². The van der Waals surface area contributed by atoms with E-state index in [1.54, 1.807) is 35.8 Å². The number of thiazole rings is 1. The first-order chi connectivity index (χ1) is 13.0. The lowest BCUT2D eigenvalue weighted by molar-refractivity contribution is 0.0921. The van der Waals surface area contributed by atoms with Crippen LogP contribution in [0.4, 0.5) is 10.6 Å². The standard InChI is InChI=1S/C17H15N5O4S/c18-14(24)10-7-11(21-15(10)22-17(19)25)9-3-1-2-4-13(9)26-8-12(23)16-20-5-6-27-16/h1-7,21H,8H2,(H2,18,24)(H3,19,22,25). The van der Waals surface area contributed by atoms with Crippen LogP contribution >= 0.6 is 11.3 Å². The Hall–Kier alpha value is -3.66. The molecule has 0 saturated heterocycles. The molecule has 3 aromatic rings. The maximum Gasteiger partial charge on any atom is 0.317 e. The van der Waals surface area contributed by atoms with Gasteiger partial charge in [-0.1, -0.05) is 12.1 Å². The number of ether oxygens (including phenoxy) is 1. The number of Topliss-reactive ketones (excluding diaryl/α,β-unsaturated/α-hetero) is 1. The highest BCUT2D eigenvalue weighted by atomic mass is 32.1. The summed E-state index contributed by atoms with van der Waals surface area (Å²) in [5.41, 5.74) is 11.6. The van der Waals surface area contributed by atoms with Gasteiger partial charge in [0.15, 0.2) is 11.6 Å². The van der Waals surface area contributed by atoms with Crippen LogP contribution in [0.3, 0.4) is 0 Å². The summed E-state index contributed by atoms with van der Waals surface area (Å²) in [4.78, 5) is 41.6. The summed E-state index contributed by atoms with van der Waals surface area (Å²) in [6.45, 7) is -0.194. The molecule has 0 atom stereocenters. The number of carbonyl (C=O) groups is 3. The largest absolute Gasteiger partial charge is 0.485 e. The number of carbonyl (C=O) groups excluding carboxylic acids is 3. The van der Waals surface area contributed by atoms with Crippen molar-refractivity contribution in [2.24, 2.45) is 11.5 Å². The van der Waals surface area contributed by atoms with Crippen LogP contribution in [0.25, 0.3) is 11.3 Å². The number of hydrogen-bond donors (Lipinski definition) is 4. The summed E-state index contributed by atoms with van der Waals surface area (Å²) in [7, 11) is 0. The Morgan fingerprint density at radius 3 is 2.67 bits per heavy atom. The van der Waals surface area contributed by atoms with Crippen molar-refractivity contribution in [1.29, 1.82) is 0 Å². The van der Waals surface area contributed by atoms with Gasteiger partial charge in [0.1, 0.15) is 11.6 Å². The molecule has 138 valence electrons. The minimum atomic E-state index is -0.843. The molecule has 0 spiro atoms. The number of aromatic nitrogens is 2. The summed E-state index contributed by atoms with van der Waals surface area (Å²) in [6, 6.07) is 7.54. The fourth-order valence-corrected chi connectivity index (χ4v) is 2.96. The molecule has 0 bridgehead atoms. The molecule has 0 aliphatic rings. The Bertz CT molecular complexity index is 997. The number of hydrogen-bond acceptors (Lipinski definition) is 6. The van der Waals surface area contributed by atoms with Crippen molar-refractivity contribution in [2.75, 3.05) is 11.9 Å². The van der Waals surface area contributed by atoms with Crippen LogP contribution in [0.5, 0.6) is 5.75 Å². The number of amides is 3. The van der Waals surface area contributed by atoms with Crippen LogP contribution < -0.4 is 21.5 Å². The fourth-order valence-electron chi connectivity index (χ4n) is 2.40. The van der Waals surface area contributed by atoms with Gasteiger partial charge in [-0.2, -0.15) is 0 Å². The van der Waals surface area contributed by atoms with Gasteiger partial charge in [-0.25, -0.2) is 9.78 Å². The third-order valence-electron chi connectivity index (χ3n) is 3.54. The maximum atomic E-state index is 12.1. The number of ketones is 1. The average molecular weight is 385 g/mol. The first kappa shape index (κ1) is 18.1. The molecular formula is C17H15N5O4S. The van der Waals surface area contributed by atoms with Crippen molar-refractivity contribution in [3.8, 4) is 17.0 Å². The second-order valence-corrected chi connectivity index (χ2v) is 6.27. The number of nitrogens with one attached hydrogen (secondary N) is 2. The smallest absolute Gasteiger partial charge is 0.317 e. The zero-order valence-electron chi connectivity index (χ0n) is 13.9. The van der Waals surface area contributed by atoms with Crippen molar-refractivity contribution in [2.45, 2.75) is 0 Å². The summed E-state index contributed by atoms with van der Waals surface area (Å²) in [5.74, 6) is -0.497. The highest BCUT2D eigenvalue weighted by Gasteiger charge is 2.18. The highest BCUT2D eigenvalue weighted by molar-refractivity contribution is 7.11. The molecule has 0 aliphatic carbocycles. The van der Waals surface area contributed by atoms with Crippen LogP contribution in [0.2, 0.25) is 0 Å². The van der Waals surface area contributed by atoms with Crippen LogP contribution in [-0.2, 0) is 0 Å². The van der Waals surface area contributed by atoms with Crippen molar-refractivity contribution in [1.82, 2.24) is 9.97 Å². The van der Waals surface area contributed by atoms with E-state index in [0.717, 1.165) is 0 Å². The second-order valence-electron chi connectivity index (χ2n) is 5.37. The highest BCUT2D eigenvalue weighted by Crippen LogP contribution is 2.32. The third-order valence-corrected chi connectivity index (χ3v) is 4.35. The minimum Gasteiger partial charge on any atom is -0.485 e. The van der Waals surface area contributed by atoms with E-state index in [2.05, 4.69) is 15.3 Å². The Balaban J connectivity index is 1.88. The van der Waals surface area contributed by atoms with Gasteiger partial charge in [0.2, 0.25) is 5.78 Å². The van der Waals surface area contributed by atoms with E-state index in [9.17, 15) is 14.4 Å². The molecule has 1 aromatic carbocycles. The van der Waals surface area contributed by atoms with Gasteiger partial charge >= 0.3 is 6.03 Å². The first-order valence-corrected chi connectivity index (χ1v) is 8.58. The molecule has 0 aliphatic heterocycles. The molecule has 6 N–H and O–H groups in total. The number of nitrogens with zero attached hydrogens (tertiary/aromatic N) is 1. The zero-order chi connectivity index (χ0) is 19.4. The van der Waals surface area contributed by atoms with Gasteiger partial charge in [0.05, 0.1) is 11.3 Å². The van der Waals surface area contributed by atoms with E-state index in [1.807, 2.05) is 0 Å². The van der Waals surface area contributed by atoms with Gasteiger partial charge in [0.25, 0.3) is 5.91 Å². The Kier molecular flexibility index (Phi) is 5.18. The molecule has 2 aromatic heterocycles. The molecule has 3 amide bonds. The Morgan fingerprint density at radius 1 is 1.22 bits per heavy atom. The molecule has 0 fully saturated rings. The number of para-hydroxylation sites is 1. The van der Waals surface area contributed by atoms with E-state index in [1.165, 1.54) is 17.4 Å². The number of anilines is 1. The van der Waals surface area contributed by atoms with Crippen LogP contribution in [0, 0.1) is 0 Å². The number of primary amides is 2. The lowest BCUT2D eigenvalue weighted by atomic mass is 10.1. The minimum absolute atomic E-state index is 0.0671. The molecule has 2 heterocycles. The van der Waals surface area contributed by atoms with Gasteiger partial charge in [-0.15, -0.1) is 11.3 Å². The summed E-state index contributed by atoms with van der Waals surface area (Å²) in [5, 5.41) is 4.38. The van der Waals surface area contributed by atoms with Gasteiger partial charge in [-0.05, 0) is 18.2 Å². The quantitative estimate of drug-likeness (QED) is 0.458. The predicted octanol–water partition coefficient (Wildman–Crippen LogP) is 1.99. The lowest BCUT2D eigenvalue weighted by Gasteiger charge is -2.09. The van der Waals surface area contributed by atoms with E-state index in [0.29, 0.717) is 22.0 Å². The molecule has 0 unspecified atom stereocenters. The summed E-state index contributed by atoms with van der Waals surface area (Å²) >= 11 is 1.23. The third kappa shape index (κ3) is 4.12. The monoisotopic (exact) mass is 385 g/mol. The predicted molar refractivity (Wildman–Crippen MR) is 99.9 cm³/mol. The average Bonchev–Trinajstić information content (AvgIpc) is 3.29. The maximum absolute atomic E-state index is 12.1. The molecular weight excluding hydrogens is 370 g/mol. The molecule has 10 heteroatoms. The van der Waals surface area contributed by atoms with Crippen molar-refractivity contribution in [3.63, 3.8) is 0 Å². The molecule has 9 nitrogen and oxygen atoms in total. The SMILES string of the molecule is NC(=O)Nc1[nH]c(-c2ccccc2OCC(=O)c2nccs2)cc1C(N)=O. The van der Waals surface area contributed by atoms with Crippen molar-refractivity contribution >= 4 is 34.9 Å². The van der Waals surface area contributed by atoms with Gasteiger partial charge in [0, 0.05) is 17.1 Å². The zero-order valence-corrected chi connectivity index (χ0v) is 14.7. The lowest BCUT2D eigenvalue weighted by Crippen LogP contribution is -2.22. The Morgan fingerprint density at radius 2 is 2.00 bits per heavy atom. The molecule has 3 rings (SSSR count). The first-order valence-electron chi connectivity index (χ1n) is 7.70. The number of aromatic amines is 1. The topological polar surface area (TPSA) is 153 Å². The van der Waals surface area contributed by atoms with Gasteiger partial charge in [-0.3, -0.25) is 14.9 Å². The molecule has 0 saturated carbocycles. The van der Waals surface area contributed by atoms with E-state index in [-0.39, 0.29) is 23.8 Å². The second kappa shape index (κ2) is 7.70. The van der Waals surface area contributed by atoms with E-state index in [4.69, 9.17) is 16.2 Å². The number of urea groups is 1. The number of rotatable bonds is 7. The normalized spacial score (nSPS) is 10.4. The van der Waals surface area contributed by atoms with Crippen molar-refractivity contribution in [3.05, 3.63) is 52.5 Å². The van der Waals surface area contributed by atoms with E-state index < -0.39 is 11.9 Å². The number of H-pyrrole nitrogens is 1. The molecule has 27 heavy (non-hydrogen) atoms. The van der Waals surface area contributed by atoms with Crippen LogP contribution in [-0.4, -0.2) is 34.3 Å². The summed E-state index contributed by atoms with van der Waals surface area (Å²) < 4.78 is 5.64. The summed E-state index contributed by atoms with van der Waals surface area (Å²) in [6.07, 6.45) is 1.55.